The number of methoxy groups -OCH3 is 2. The Hall–Kier alpha value is -1.47. The maximum Gasteiger partial charge on any atom is 0.298 e. The van der Waals surface area contributed by atoms with Gasteiger partial charge in [-0.15, -0.1) is 0 Å². The van der Waals surface area contributed by atoms with Crippen LogP contribution in [0.15, 0.2) is 4.90 Å². The number of rotatable bonds is 6. The van der Waals surface area contributed by atoms with Crippen molar-refractivity contribution in [1.29, 1.82) is 0 Å². The normalized spacial score (nSPS) is 13.0. The van der Waals surface area contributed by atoms with Gasteiger partial charge in [-0.3, -0.25) is 4.55 Å². The van der Waals surface area contributed by atoms with Crippen LogP contribution < -0.4 is 9.47 Å². The van der Waals surface area contributed by atoms with Gasteiger partial charge in [-0.2, -0.15) is 8.42 Å². The first-order valence-corrected chi connectivity index (χ1v) is 8.15. The van der Waals surface area contributed by atoms with Crippen molar-refractivity contribution in [3.63, 3.8) is 0 Å². The Kier molecular flexibility index (Phi) is 5.47. The Morgan fingerprint density at radius 3 is 2.00 bits per heavy atom. The Morgan fingerprint density at radius 1 is 1.14 bits per heavy atom. The molecule has 0 aliphatic rings. The summed E-state index contributed by atoms with van der Waals surface area (Å²) >= 11 is 0. The zero-order valence-corrected chi connectivity index (χ0v) is 13.7. The van der Waals surface area contributed by atoms with Crippen molar-refractivity contribution in [2.24, 2.45) is 0 Å². The van der Waals surface area contributed by atoms with Crippen molar-refractivity contribution in [2.45, 2.75) is 44.4 Å². The smallest absolute Gasteiger partial charge is 0.298 e. The largest absolute Gasteiger partial charge is 0.502 e. The molecule has 0 aromatic heterocycles. The molecular weight excluding hydrogens is 296 g/mol. The first-order chi connectivity index (χ1) is 9.74. The number of hydrogen-bond donors (Lipinski definition) is 2. The predicted octanol–water partition coefficient (Wildman–Crippen LogP) is 2.73. The van der Waals surface area contributed by atoms with Crippen LogP contribution in [0.25, 0.3) is 0 Å². The molecule has 0 saturated carbocycles. The molecule has 1 unspecified atom stereocenters. The zero-order chi connectivity index (χ0) is 16.4. The van der Waals surface area contributed by atoms with Gasteiger partial charge in [0, 0.05) is 5.56 Å². The van der Waals surface area contributed by atoms with E-state index in [1.807, 2.05) is 20.8 Å². The van der Waals surface area contributed by atoms with Crippen molar-refractivity contribution in [3.8, 4) is 17.2 Å². The maximum absolute atomic E-state index is 11.8. The molecule has 1 rings (SSSR count). The molecule has 1 aromatic carbocycles. The van der Waals surface area contributed by atoms with Gasteiger partial charge in [-0.1, -0.05) is 20.8 Å². The second-order valence-electron chi connectivity index (χ2n) is 4.77. The van der Waals surface area contributed by atoms with Crippen LogP contribution in [0, 0.1) is 0 Å². The molecule has 0 amide bonds. The van der Waals surface area contributed by atoms with E-state index in [9.17, 15) is 18.1 Å². The lowest BCUT2D eigenvalue weighted by atomic mass is 9.91. The molecule has 0 spiro atoms. The molecule has 1 aromatic rings. The summed E-state index contributed by atoms with van der Waals surface area (Å²) in [4.78, 5) is -0.380. The second-order valence-corrected chi connectivity index (χ2v) is 6.13. The third kappa shape index (κ3) is 3.08. The van der Waals surface area contributed by atoms with E-state index in [-0.39, 0.29) is 22.3 Å². The number of aromatic hydroxyl groups is 1. The highest BCUT2D eigenvalue weighted by Gasteiger charge is 2.32. The topological polar surface area (TPSA) is 93.1 Å². The Morgan fingerprint density at radius 2 is 1.67 bits per heavy atom. The van der Waals surface area contributed by atoms with Crippen LogP contribution in [0.1, 0.15) is 44.2 Å². The molecule has 0 aliphatic carbocycles. The second kappa shape index (κ2) is 6.53. The summed E-state index contributed by atoms with van der Waals surface area (Å²) in [6.07, 6.45) is 1.11. The van der Waals surface area contributed by atoms with E-state index < -0.39 is 15.9 Å². The lowest BCUT2D eigenvalue weighted by Gasteiger charge is -2.23. The fraction of sp³-hybridized carbons (Fsp3) is 0.571. The predicted molar refractivity (Wildman–Crippen MR) is 79.1 cm³/mol. The number of benzene rings is 1. The fourth-order valence-electron chi connectivity index (χ4n) is 2.48. The summed E-state index contributed by atoms with van der Waals surface area (Å²) in [5.74, 6) is -0.685. The third-order valence-corrected chi connectivity index (χ3v) is 4.53. The molecule has 0 heterocycles. The Labute approximate surface area is 125 Å². The van der Waals surface area contributed by atoms with Gasteiger partial charge in [-0.25, -0.2) is 0 Å². The van der Waals surface area contributed by atoms with Gasteiger partial charge in [0.1, 0.15) is 4.90 Å². The standard InChI is InChI=1S/C14H22O6S/c1-6-8(3)10-9(7-2)12(19-4)11(15)13(20-5)14(10)21(16,17)18/h8,15H,6-7H2,1-5H3,(H,16,17,18). The molecule has 21 heavy (non-hydrogen) atoms. The van der Waals surface area contributed by atoms with Crippen molar-refractivity contribution < 1.29 is 27.6 Å². The molecule has 6 nitrogen and oxygen atoms in total. The highest BCUT2D eigenvalue weighted by atomic mass is 32.2. The molecule has 7 heteroatoms. The van der Waals surface area contributed by atoms with Gasteiger partial charge in [-0.05, 0) is 24.3 Å². The molecule has 120 valence electrons. The summed E-state index contributed by atoms with van der Waals surface area (Å²) in [5.41, 5.74) is 0.978. The highest BCUT2D eigenvalue weighted by molar-refractivity contribution is 7.86. The van der Waals surface area contributed by atoms with Gasteiger partial charge in [0.25, 0.3) is 10.1 Å². The summed E-state index contributed by atoms with van der Waals surface area (Å²) in [6, 6.07) is 0. The van der Waals surface area contributed by atoms with E-state index >= 15 is 0 Å². The van der Waals surface area contributed by atoms with Crippen molar-refractivity contribution in [2.75, 3.05) is 14.2 Å². The van der Waals surface area contributed by atoms with Crippen LogP contribution in [0.5, 0.6) is 17.2 Å². The first-order valence-electron chi connectivity index (χ1n) is 6.71. The van der Waals surface area contributed by atoms with Gasteiger partial charge in [0.05, 0.1) is 14.2 Å². The van der Waals surface area contributed by atoms with E-state index in [4.69, 9.17) is 9.47 Å². The van der Waals surface area contributed by atoms with Crippen LogP contribution in [0.4, 0.5) is 0 Å². The number of ether oxygens (including phenoxy) is 2. The third-order valence-electron chi connectivity index (χ3n) is 3.61. The van der Waals surface area contributed by atoms with E-state index in [0.29, 0.717) is 24.0 Å². The monoisotopic (exact) mass is 318 g/mol. The highest BCUT2D eigenvalue weighted by Crippen LogP contribution is 2.49. The maximum atomic E-state index is 11.8. The molecule has 0 saturated heterocycles. The summed E-state index contributed by atoms with van der Waals surface area (Å²) in [6.45, 7) is 5.58. The minimum Gasteiger partial charge on any atom is -0.502 e. The molecular formula is C14H22O6S. The van der Waals surface area contributed by atoms with Crippen LogP contribution in [-0.2, 0) is 16.5 Å². The summed E-state index contributed by atoms with van der Waals surface area (Å²) in [5, 5.41) is 10.2. The van der Waals surface area contributed by atoms with Crippen LogP contribution in [0.3, 0.4) is 0 Å². The number of hydrogen-bond acceptors (Lipinski definition) is 5. The van der Waals surface area contributed by atoms with Gasteiger partial charge in [0.15, 0.2) is 11.5 Å². The fourth-order valence-corrected chi connectivity index (χ4v) is 3.49. The van der Waals surface area contributed by atoms with Crippen molar-refractivity contribution >= 4 is 10.1 Å². The summed E-state index contributed by atoms with van der Waals surface area (Å²) in [7, 11) is -1.93. The molecule has 0 radical (unpaired) electrons. The minimum atomic E-state index is -4.55. The lowest BCUT2D eigenvalue weighted by molar-refractivity contribution is 0.326. The van der Waals surface area contributed by atoms with Crippen LogP contribution in [-0.4, -0.2) is 32.3 Å². The van der Waals surface area contributed by atoms with Gasteiger partial charge in [0.2, 0.25) is 5.75 Å². The van der Waals surface area contributed by atoms with E-state index in [1.165, 1.54) is 14.2 Å². The van der Waals surface area contributed by atoms with Gasteiger partial charge < -0.3 is 14.6 Å². The average molecular weight is 318 g/mol. The zero-order valence-electron chi connectivity index (χ0n) is 12.9. The minimum absolute atomic E-state index is 0.153. The number of phenols is 1. The SMILES string of the molecule is CCc1c(OC)c(O)c(OC)c(S(=O)(=O)O)c1C(C)CC. The summed E-state index contributed by atoms with van der Waals surface area (Å²) < 4.78 is 43.4. The molecule has 0 bridgehead atoms. The van der Waals surface area contributed by atoms with E-state index in [1.54, 1.807) is 0 Å². The quantitative estimate of drug-likeness (QED) is 0.783. The van der Waals surface area contributed by atoms with Crippen molar-refractivity contribution in [3.05, 3.63) is 11.1 Å². The van der Waals surface area contributed by atoms with Crippen molar-refractivity contribution in [1.82, 2.24) is 0 Å². The molecule has 0 aliphatic heterocycles. The first kappa shape index (κ1) is 17.6. The van der Waals surface area contributed by atoms with E-state index in [0.717, 1.165) is 0 Å². The molecule has 1 atom stereocenters. The van der Waals surface area contributed by atoms with Crippen LogP contribution in [0.2, 0.25) is 0 Å². The van der Waals surface area contributed by atoms with Gasteiger partial charge >= 0.3 is 0 Å². The Balaban J connectivity index is 4.03. The Bertz CT molecular complexity index is 621. The molecule has 2 N–H and O–H groups in total. The number of phenolic OH excluding ortho intramolecular Hbond substituents is 1. The average Bonchev–Trinajstić information content (AvgIpc) is 2.43. The lowest BCUT2D eigenvalue weighted by Crippen LogP contribution is -2.12. The van der Waals surface area contributed by atoms with E-state index in [2.05, 4.69) is 0 Å². The molecule has 0 fully saturated rings. The van der Waals surface area contributed by atoms with Crippen LogP contribution >= 0.6 is 0 Å².